The molecule has 1 amide bonds. The second kappa shape index (κ2) is 11.9. The van der Waals surface area contributed by atoms with Gasteiger partial charge < -0.3 is 14.4 Å². The van der Waals surface area contributed by atoms with E-state index in [4.69, 9.17) is 9.47 Å². The maximum absolute atomic E-state index is 13.5. The van der Waals surface area contributed by atoms with Crippen molar-refractivity contribution in [1.82, 2.24) is 4.90 Å². The number of unbranched alkanes of at least 4 members (excludes halogenated alkanes) is 1. The summed E-state index contributed by atoms with van der Waals surface area (Å²) in [4.78, 5) is 13.9. The molecule has 1 heterocycles. The molecule has 0 saturated carbocycles. The molecule has 160 valence electrons. The molecule has 1 aliphatic heterocycles. The Balaban J connectivity index is 0.00000190. The van der Waals surface area contributed by atoms with Crippen molar-refractivity contribution in [3.63, 3.8) is 0 Å². The third-order valence-corrected chi connectivity index (χ3v) is 4.68. The van der Waals surface area contributed by atoms with E-state index in [2.05, 4.69) is 0 Å². The van der Waals surface area contributed by atoms with E-state index in [1.807, 2.05) is 45.6 Å². The summed E-state index contributed by atoms with van der Waals surface area (Å²) < 4.78 is 24.5. The van der Waals surface area contributed by atoms with Gasteiger partial charge in [-0.3, -0.25) is 0 Å². The van der Waals surface area contributed by atoms with E-state index in [0.29, 0.717) is 23.8 Å². The third-order valence-electron chi connectivity index (χ3n) is 4.68. The minimum absolute atomic E-state index is 0.199. The SMILES string of the molecule is CC.Cc1ccc(OCCCCC2CCN(C(=O)OC(C)(C)C)CC2)cc1F. The van der Waals surface area contributed by atoms with Gasteiger partial charge in [0.1, 0.15) is 17.2 Å². The molecule has 1 aliphatic rings. The van der Waals surface area contributed by atoms with Gasteiger partial charge in [-0.1, -0.05) is 26.3 Å². The zero-order valence-corrected chi connectivity index (χ0v) is 18.5. The fourth-order valence-electron chi connectivity index (χ4n) is 3.12. The first kappa shape index (κ1) is 24.3. The lowest BCUT2D eigenvalue weighted by Gasteiger charge is -2.33. The molecule has 0 spiro atoms. The van der Waals surface area contributed by atoms with Crippen molar-refractivity contribution < 1.29 is 18.7 Å². The summed E-state index contributed by atoms with van der Waals surface area (Å²) in [6, 6.07) is 5.00. The number of amides is 1. The molecule has 1 aromatic rings. The number of hydrogen-bond donors (Lipinski definition) is 0. The average Bonchev–Trinajstić information content (AvgIpc) is 2.65. The van der Waals surface area contributed by atoms with Crippen molar-refractivity contribution in [3.05, 3.63) is 29.6 Å². The van der Waals surface area contributed by atoms with Crippen LogP contribution in [0.2, 0.25) is 0 Å². The second-order valence-corrected chi connectivity index (χ2v) is 8.17. The topological polar surface area (TPSA) is 38.8 Å². The maximum Gasteiger partial charge on any atom is 0.410 e. The molecule has 2 rings (SSSR count). The Labute approximate surface area is 170 Å². The Morgan fingerprint density at radius 2 is 1.82 bits per heavy atom. The van der Waals surface area contributed by atoms with Crippen molar-refractivity contribution in [3.8, 4) is 5.75 Å². The van der Waals surface area contributed by atoms with Crippen LogP contribution in [-0.2, 0) is 4.74 Å². The van der Waals surface area contributed by atoms with Gasteiger partial charge in [-0.05, 0) is 70.9 Å². The van der Waals surface area contributed by atoms with Crippen LogP contribution in [0.4, 0.5) is 9.18 Å². The number of hydrogen-bond acceptors (Lipinski definition) is 3. The van der Waals surface area contributed by atoms with Gasteiger partial charge in [-0.25, -0.2) is 9.18 Å². The molecule has 0 atom stereocenters. The van der Waals surface area contributed by atoms with Crippen LogP contribution in [0.15, 0.2) is 18.2 Å². The molecule has 4 nitrogen and oxygen atoms in total. The van der Waals surface area contributed by atoms with Crippen molar-refractivity contribution in [1.29, 1.82) is 0 Å². The van der Waals surface area contributed by atoms with Crippen LogP contribution in [0.5, 0.6) is 5.75 Å². The molecule has 5 heteroatoms. The Kier molecular flexibility index (Phi) is 10.3. The molecular formula is C23H38FNO3. The van der Waals surface area contributed by atoms with Gasteiger partial charge in [-0.2, -0.15) is 0 Å². The van der Waals surface area contributed by atoms with Crippen LogP contribution in [0, 0.1) is 18.7 Å². The highest BCUT2D eigenvalue weighted by Crippen LogP contribution is 2.24. The Hall–Kier alpha value is -1.78. The van der Waals surface area contributed by atoms with Crippen molar-refractivity contribution >= 4 is 6.09 Å². The lowest BCUT2D eigenvalue weighted by molar-refractivity contribution is 0.0180. The molecule has 1 fully saturated rings. The predicted molar refractivity (Wildman–Crippen MR) is 112 cm³/mol. The highest BCUT2D eigenvalue weighted by Gasteiger charge is 2.26. The van der Waals surface area contributed by atoms with E-state index in [-0.39, 0.29) is 11.9 Å². The molecule has 0 aromatic heterocycles. The van der Waals surface area contributed by atoms with Crippen molar-refractivity contribution in [2.75, 3.05) is 19.7 Å². The van der Waals surface area contributed by atoms with E-state index in [9.17, 15) is 9.18 Å². The number of carbonyl (C=O) groups is 1. The average molecular weight is 396 g/mol. The van der Waals surface area contributed by atoms with Gasteiger partial charge in [0.15, 0.2) is 0 Å². The zero-order chi connectivity index (χ0) is 21.2. The molecule has 0 radical (unpaired) electrons. The van der Waals surface area contributed by atoms with E-state index >= 15 is 0 Å². The third kappa shape index (κ3) is 8.94. The smallest absolute Gasteiger partial charge is 0.410 e. The largest absolute Gasteiger partial charge is 0.493 e. The number of carbonyl (C=O) groups excluding carboxylic acids is 1. The Bertz CT molecular complexity index is 590. The van der Waals surface area contributed by atoms with Crippen LogP contribution < -0.4 is 4.74 Å². The first-order valence-electron chi connectivity index (χ1n) is 10.6. The molecule has 0 unspecified atom stereocenters. The summed E-state index contributed by atoms with van der Waals surface area (Å²) >= 11 is 0. The highest BCUT2D eigenvalue weighted by atomic mass is 19.1. The molecule has 1 saturated heterocycles. The predicted octanol–water partition coefficient (Wildman–Crippen LogP) is 6.36. The Morgan fingerprint density at radius 1 is 1.18 bits per heavy atom. The van der Waals surface area contributed by atoms with E-state index in [1.165, 1.54) is 6.07 Å². The number of likely N-dealkylation sites (tertiary alicyclic amines) is 1. The standard InChI is InChI=1S/C21H32FNO3.C2H6/c1-16-8-9-18(15-19(16)22)25-14-6-5-7-17-10-12-23(13-11-17)20(24)26-21(2,3)4;1-2/h8-9,15,17H,5-7,10-14H2,1-4H3;1-2H3. The van der Waals surface area contributed by atoms with Crippen LogP contribution in [0.25, 0.3) is 0 Å². The zero-order valence-electron chi connectivity index (χ0n) is 18.5. The number of ether oxygens (including phenoxy) is 2. The first-order chi connectivity index (χ1) is 13.2. The number of piperidine rings is 1. The molecule has 1 aromatic carbocycles. The number of aryl methyl sites for hydroxylation is 1. The van der Waals surface area contributed by atoms with E-state index in [1.54, 1.807) is 13.0 Å². The van der Waals surface area contributed by atoms with Crippen molar-refractivity contribution in [2.45, 2.75) is 79.2 Å². The van der Waals surface area contributed by atoms with Crippen LogP contribution >= 0.6 is 0 Å². The summed E-state index contributed by atoms with van der Waals surface area (Å²) in [7, 11) is 0. The number of nitrogens with zero attached hydrogens (tertiary/aromatic N) is 1. The maximum atomic E-state index is 13.5. The summed E-state index contributed by atoms with van der Waals surface area (Å²) in [6.45, 7) is 13.6. The number of rotatable bonds is 6. The van der Waals surface area contributed by atoms with E-state index < -0.39 is 5.60 Å². The number of benzene rings is 1. The van der Waals surface area contributed by atoms with Gasteiger partial charge in [0.05, 0.1) is 6.61 Å². The second-order valence-electron chi connectivity index (χ2n) is 8.17. The fraction of sp³-hybridized carbons (Fsp3) is 0.696. The molecule has 28 heavy (non-hydrogen) atoms. The first-order valence-corrected chi connectivity index (χ1v) is 10.6. The molecule has 0 aliphatic carbocycles. The monoisotopic (exact) mass is 395 g/mol. The molecule has 0 bridgehead atoms. The minimum Gasteiger partial charge on any atom is -0.493 e. The van der Waals surface area contributed by atoms with Gasteiger partial charge in [0.25, 0.3) is 0 Å². The van der Waals surface area contributed by atoms with Crippen LogP contribution in [-0.4, -0.2) is 36.3 Å². The highest BCUT2D eigenvalue weighted by molar-refractivity contribution is 5.68. The summed E-state index contributed by atoms with van der Waals surface area (Å²) in [5.74, 6) is 1.03. The summed E-state index contributed by atoms with van der Waals surface area (Å²) in [6.07, 6.45) is 5.06. The van der Waals surface area contributed by atoms with Crippen LogP contribution in [0.1, 0.15) is 72.3 Å². The summed E-state index contributed by atoms with van der Waals surface area (Å²) in [5.41, 5.74) is 0.198. The lowest BCUT2D eigenvalue weighted by Crippen LogP contribution is -2.41. The number of halogens is 1. The van der Waals surface area contributed by atoms with Crippen LogP contribution in [0.3, 0.4) is 0 Å². The van der Waals surface area contributed by atoms with Gasteiger partial charge in [0, 0.05) is 19.2 Å². The minimum atomic E-state index is -0.436. The quantitative estimate of drug-likeness (QED) is 0.526. The lowest BCUT2D eigenvalue weighted by atomic mass is 9.92. The van der Waals surface area contributed by atoms with Gasteiger partial charge in [0.2, 0.25) is 0 Å². The van der Waals surface area contributed by atoms with Gasteiger partial charge >= 0.3 is 6.09 Å². The van der Waals surface area contributed by atoms with E-state index in [0.717, 1.165) is 45.2 Å². The fourth-order valence-corrected chi connectivity index (χ4v) is 3.12. The molecule has 0 N–H and O–H groups in total. The normalized spacial score (nSPS) is 14.9. The summed E-state index contributed by atoms with van der Waals surface area (Å²) in [5, 5.41) is 0. The van der Waals surface area contributed by atoms with Crippen molar-refractivity contribution in [2.24, 2.45) is 5.92 Å². The van der Waals surface area contributed by atoms with Gasteiger partial charge in [-0.15, -0.1) is 0 Å². The molecular weight excluding hydrogens is 357 g/mol. The Morgan fingerprint density at radius 3 is 2.39 bits per heavy atom.